The Balaban J connectivity index is 2.38. The maximum atomic E-state index is 11.3. The first-order valence-corrected chi connectivity index (χ1v) is 5.13. The van der Waals surface area contributed by atoms with E-state index in [-0.39, 0.29) is 11.9 Å². The zero-order chi connectivity index (χ0) is 10.6. The monoisotopic (exact) mass is 260 g/mol. The van der Waals surface area contributed by atoms with Crippen LogP contribution in [0.5, 0.6) is 0 Å². The summed E-state index contributed by atoms with van der Waals surface area (Å²) >= 11 is 3.24. The molecule has 0 radical (unpaired) electrons. The van der Waals surface area contributed by atoms with Crippen LogP contribution in [0.2, 0.25) is 0 Å². The Kier molecular flexibility index (Phi) is 4.09. The normalized spacial score (nSPS) is 12.5. The fourth-order valence-corrected chi connectivity index (χ4v) is 1.21. The van der Waals surface area contributed by atoms with E-state index in [4.69, 9.17) is 5.73 Å². The topological polar surface area (TPSA) is 83.8 Å². The van der Waals surface area contributed by atoms with Gasteiger partial charge in [0.2, 0.25) is 5.91 Å². The van der Waals surface area contributed by atoms with E-state index in [2.05, 4.69) is 31.4 Å². The van der Waals surface area contributed by atoms with Crippen molar-refractivity contribution in [2.24, 2.45) is 5.73 Å². The van der Waals surface area contributed by atoms with E-state index in [1.165, 1.54) is 0 Å². The SMILES string of the molecule is CC(N)CCC(=O)Nc1[nH]ncc1Br. The second-order valence-electron chi connectivity index (χ2n) is 3.16. The van der Waals surface area contributed by atoms with Crippen molar-refractivity contribution in [2.45, 2.75) is 25.8 Å². The number of aromatic amines is 1. The third-order valence-corrected chi connectivity index (χ3v) is 2.29. The van der Waals surface area contributed by atoms with Gasteiger partial charge in [0, 0.05) is 12.5 Å². The lowest BCUT2D eigenvalue weighted by atomic mass is 10.2. The maximum absolute atomic E-state index is 11.3. The summed E-state index contributed by atoms with van der Waals surface area (Å²) in [6, 6.07) is 0.0472. The number of carbonyl (C=O) groups excluding carboxylic acids is 1. The largest absolute Gasteiger partial charge is 0.328 e. The Bertz CT molecular complexity index is 310. The van der Waals surface area contributed by atoms with Crippen LogP contribution >= 0.6 is 15.9 Å². The van der Waals surface area contributed by atoms with Crippen LogP contribution in [0.1, 0.15) is 19.8 Å². The number of aromatic nitrogens is 2. The molecule has 14 heavy (non-hydrogen) atoms. The van der Waals surface area contributed by atoms with E-state index in [1.807, 2.05) is 6.92 Å². The molecule has 0 saturated carbocycles. The van der Waals surface area contributed by atoms with Crippen LogP contribution in [0.4, 0.5) is 5.82 Å². The van der Waals surface area contributed by atoms with E-state index in [0.29, 0.717) is 18.7 Å². The molecule has 0 aliphatic carbocycles. The van der Waals surface area contributed by atoms with Crippen LogP contribution in [0, 0.1) is 0 Å². The van der Waals surface area contributed by atoms with E-state index in [1.54, 1.807) is 6.20 Å². The first-order chi connectivity index (χ1) is 6.59. The van der Waals surface area contributed by atoms with Gasteiger partial charge in [-0.25, -0.2) is 0 Å². The summed E-state index contributed by atoms with van der Waals surface area (Å²) in [6.07, 6.45) is 2.68. The van der Waals surface area contributed by atoms with E-state index in [0.717, 1.165) is 4.47 Å². The molecule has 1 unspecified atom stereocenters. The van der Waals surface area contributed by atoms with Gasteiger partial charge in [-0.05, 0) is 29.3 Å². The van der Waals surface area contributed by atoms with Crippen molar-refractivity contribution in [1.29, 1.82) is 0 Å². The molecule has 0 aliphatic rings. The van der Waals surface area contributed by atoms with E-state index >= 15 is 0 Å². The van der Waals surface area contributed by atoms with Gasteiger partial charge in [-0.3, -0.25) is 9.89 Å². The van der Waals surface area contributed by atoms with Gasteiger partial charge in [0.05, 0.1) is 10.7 Å². The van der Waals surface area contributed by atoms with Gasteiger partial charge >= 0.3 is 0 Å². The average Bonchev–Trinajstić information content (AvgIpc) is 2.49. The molecule has 78 valence electrons. The summed E-state index contributed by atoms with van der Waals surface area (Å²) < 4.78 is 0.742. The number of nitrogens with zero attached hydrogens (tertiary/aromatic N) is 1. The van der Waals surface area contributed by atoms with Crippen LogP contribution in [0.25, 0.3) is 0 Å². The molecule has 1 atom stereocenters. The summed E-state index contributed by atoms with van der Waals surface area (Å²) in [7, 11) is 0. The van der Waals surface area contributed by atoms with Gasteiger partial charge in [0.25, 0.3) is 0 Å². The molecule has 1 aromatic rings. The lowest BCUT2D eigenvalue weighted by Gasteiger charge is -2.05. The highest BCUT2D eigenvalue weighted by Gasteiger charge is 2.07. The molecular weight excluding hydrogens is 248 g/mol. The number of hydrogen-bond donors (Lipinski definition) is 3. The molecule has 5 nitrogen and oxygen atoms in total. The highest BCUT2D eigenvalue weighted by Crippen LogP contribution is 2.17. The molecule has 4 N–H and O–H groups in total. The summed E-state index contributed by atoms with van der Waals surface area (Å²) in [5, 5.41) is 9.11. The second-order valence-corrected chi connectivity index (χ2v) is 4.01. The summed E-state index contributed by atoms with van der Waals surface area (Å²) in [4.78, 5) is 11.3. The van der Waals surface area contributed by atoms with Crippen molar-refractivity contribution < 1.29 is 4.79 Å². The molecule has 1 heterocycles. The molecule has 0 spiro atoms. The minimum absolute atomic E-state index is 0.0472. The fraction of sp³-hybridized carbons (Fsp3) is 0.500. The van der Waals surface area contributed by atoms with Crippen molar-refractivity contribution in [2.75, 3.05) is 5.32 Å². The molecule has 1 aromatic heterocycles. The van der Waals surface area contributed by atoms with Crippen LogP contribution in [0.15, 0.2) is 10.7 Å². The van der Waals surface area contributed by atoms with Crippen LogP contribution < -0.4 is 11.1 Å². The minimum Gasteiger partial charge on any atom is -0.328 e. The minimum atomic E-state index is -0.0627. The third-order valence-electron chi connectivity index (χ3n) is 1.68. The first kappa shape index (κ1) is 11.2. The number of halogens is 1. The highest BCUT2D eigenvalue weighted by molar-refractivity contribution is 9.10. The standard InChI is InChI=1S/C8H13BrN4O/c1-5(10)2-3-7(14)12-8-6(9)4-11-13-8/h4-5H,2-3,10H2,1H3,(H2,11,12,13,14). The lowest BCUT2D eigenvalue weighted by molar-refractivity contribution is -0.116. The quantitative estimate of drug-likeness (QED) is 0.762. The smallest absolute Gasteiger partial charge is 0.225 e. The number of nitrogens with one attached hydrogen (secondary N) is 2. The number of H-pyrrole nitrogens is 1. The number of anilines is 1. The predicted octanol–water partition coefficient (Wildman–Crippen LogP) is 1.24. The molecular formula is C8H13BrN4O. The number of rotatable bonds is 4. The van der Waals surface area contributed by atoms with Crippen molar-refractivity contribution in [3.8, 4) is 0 Å². The zero-order valence-corrected chi connectivity index (χ0v) is 9.47. The summed E-state index contributed by atoms with van der Waals surface area (Å²) in [5.74, 6) is 0.520. The van der Waals surface area contributed by atoms with Crippen LogP contribution in [0.3, 0.4) is 0 Å². The molecule has 6 heteroatoms. The molecule has 1 rings (SSSR count). The maximum Gasteiger partial charge on any atom is 0.225 e. The van der Waals surface area contributed by atoms with Crippen LogP contribution in [-0.2, 0) is 4.79 Å². The molecule has 0 saturated heterocycles. The van der Waals surface area contributed by atoms with Gasteiger partial charge in [-0.15, -0.1) is 0 Å². The number of nitrogens with two attached hydrogens (primary N) is 1. The predicted molar refractivity (Wildman–Crippen MR) is 57.8 cm³/mol. The number of hydrogen-bond acceptors (Lipinski definition) is 3. The number of amides is 1. The second kappa shape index (κ2) is 5.11. The number of carbonyl (C=O) groups is 1. The Hall–Kier alpha value is -0.880. The van der Waals surface area contributed by atoms with Crippen molar-refractivity contribution in [1.82, 2.24) is 10.2 Å². The highest BCUT2D eigenvalue weighted by atomic mass is 79.9. The van der Waals surface area contributed by atoms with Gasteiger partial charge in [0.15, 0.2) is 0 Å². The Morgan fingerprint density at radius 1 is 1.86 bits per heavy atom. The zero-order valence-electron chi connectivity index (χ0n) is 7.88. The molecule has 0 fully saturated rings. The van der Waals surface area contributed by atoms with Gasteiger partial charge in [0.1, 0.15) is 5.82 Å². The molecule has 0 bridgehead atoms. The average molecular weight is 261 g/mol. The summed E-state index contributed by atoms with van der Waals surface area (Å²) in [6.45, 7) is 1.87. The van der Waals surface area contributed by atoms with E-state index < -0.39 is 0 Å². The Labute approximate surface area is 90.6 Å². The Morgan fingerprint density at radius 2 is 2.57 bits per heavy atom. The molecule has 0 aliphatic heterocycles. The summed E-state index contributed by atoms with van der Waals surface area (Å²) in [5.41, 5.74) is 5.53. The van der Waals surface area contributed by atoms with Crippen molar-refractivity contribution in [3.63, 3.8) is 0 Å². The van der Waals surface area contributed by atoms with Crippen molar-refractivity contribution >= 4 is 27.7 Å². The first-order valence-electron chi connectivity index (χ1n) is 4.34. The fourth-order valence-electron chi connectivity index (χ4n) is 0.920. The van der Waals surface area contributed by atoms with Crippen molar-refractivity contribution in [3.05, 3.63) is 10.7 Å². The van der Waals surface area contributed by atoms with Gasteiger partial charge < -0.3 is 11.1 Å². The third kappa shape index (κ3) is 3.47. The van der Waals surface area contributed by atoms with Gasteiger partial charge in [-0.2, -0.15) is 5.10 Å². The lowest BCUT2D eigenvalue weighted by Crippen LogP contribution is -2.19. The Morgan fingerprint density at radius 3 is 3.07 bits per heavy atom. The molecule has 0 aromatic carbocycles. The van der Waals surface area contributed by atoms with Gasteiger partial charge in [-0.1, -0.05) is 0 Å². The van der Waals surface area contributed by atoms with Crippen LogP contribution in [-0.4, -0.2) is 22.1 Å². The van der Waals surface area contributed by atoms with E-state index in [9.17, 15) is 4.79 Å². The molecule has 1 amide bonds.